The third-order valence-corrected chi connectivity index (χ3v) is 8.05. The number of piperazine rings is 1. The second-order valence-electron chi connectivity index (χ2n) is 10.3. The Kier molecular flexibility index (Phi) is 7.30. The molecule has 1 amide bonds. The zero-order valence-electron chi connectivity index (χ0n) is 20.2. The van der Waals surface area contributed by atoms with Gasteiger partial charge in [-0.05, 0) is 64.5 Å². The van der Waals surface area contributed by atoms with Crippen molar-refractivity contribution < 1.29 is 4.79 Å². The lowest BCUT2D eigenvalue weighted by molar-refractivity contribution is -0.122. The van der Waals surface area contributed by atoms with Gasteiger partial charge in [-0.3, -0.25) is 24.7 Å². The molecule has 1 N–H and O–H groups in total. The summed E-state index contributed by atoms with van der Waals surface area (Å²) in [5, 5.41) is 1.15. The Morgan fingerprint density at radius 1 is 0.909 bits per heavy atom. The number of carbonyl (C=O) groups is 1. The molecule has 7 nitrogen and oxygen atoms in total. The number of aromatic nitrogens is 1. The van der Waals surface area contributed by atoms with Crippen LogP contribution in [0.25, 0.3) is 10.9 Å². The number of rotatable bonds is 6. The maximum Gasteiger partial charge on any atom is 0.243 e. The molecular formula is C26H40N6O. The lowest BCUT2D eigenvalue weighted by Gasteiger charge is -2.42. The van der Waals surface area contributed by atoms with Crippen molar-refractivity contribution in [3.05, 3.63) is 36.5 Å². The Morgan fingerprint density at radius 3 is 2.48 bits per heavy atom. The van der Waals surface area contributed by atoms with E-state index >= 15 is 0 Å². The highest BCUT2D eigenvalue weighted by Gasteiger charge is 2.28. The highest BCUT2D eigenvalue weighted by molar-refractivity contribution is 5.89. The van der Waals surface area contributed by atoms with Crippen LogP contribution < -0.4 is 5.43 Å². The average Bonchev–Trinajstić information content (AvgIpc) is 3.26. The summed E-state index contributed by atoms with van der Waals surface area (Å²) in [6.45, 7) is 11.5. The van der Waals surface area contributed by atoms with Gasteiger partial charge in [0.2, 0.25) is 5.91 Å². The second-order valence-corrected chi connectivity index (χ2v) is 10.3. The van der Waals surface area contributed by atoms with Crippen LogP contribution in [0.4, 0.5) is 0 Å². The van der Waals surface area contributed by atoms with E-state index in [1.165, 1.54) is 52.1 Å². The summed E-state index contributed by atoms with van der Waals surface area (Å²) >= 11 is 0. The summed E-state index contributed by atoms with van der Waals surface area (Å²) in [7, 11) is 2.24. The van der Waals surface area contributed by atoms with E-state index in [2.05, 4.69) is 50.3 Å². The van der Waals surface area contributed by atoms with E-state index in [-0.39, 0.29) is 11.8 Å². The summed E-state index contributed by atoms with van der Waals surface area (Å²) in [6.07, 6.45) is 6.69. The van der Waals surface area contributed by atoms with Crippen molar-refractivity contribution in [2.75, 3.05) is 77.9 Å². The van der Waals surface area contributed by atoms with Crippen molar-refractivity contribution >= 4 is 16.8 Å². The minimum absolute atomic E-state index is 0.0705. The molecule has 1 aromatic heterocycles. The fourth-order valence-electron chi connectivity index (χ4n) is 5.86. The van der Waals surface area contributed by atoms with Crippen LogP contribution in [-0.2, 0) is 4.79 Å². The van der Waals surface area contributed by atoms with E-state index in [0.717, 1.165) is 56.0 Å². The summed E-state index contributed by atoms with van der Waals surface area (Å²) in [5.41, 5.74) is 4.19. The molecule has 0 spiro atoms. The van der Waals surface area contributed by atoms with Gasteiger partial charge in [-0.1, -0.05) is 18.2 Å². The quantitative estimate of drug-likeness (QED) is 0.728. The fourth-order valence-corrected chi connectivity index (χ4v) is 5.86. The molecule has 33 heavy (non-hydrogen) atoms. The first-order valence-electron chi connectivity index (χ1n) is 12.9. The molecule has 7 heteroatoms. The topological polar surface area (TPSA) is 47.0 Å². The van der Waals surface area contributed by atoms with Gasteiger partial charge in [0.05, 0.1) is 11.4 Å². The number of amides is 1. The number of benzene rings is 1. The highest BCUT2D eigenvalue weighted by Crippen LogP contribution is 2.20. The van der Waals surface area contributed by atoms with E-state index in [1.807, 2.05) is 23.0 Å². The van der Waals surface area contributed by atoms with Crippen LogP contribution in [0.2, 0.25) is 0 Å². The normalized spacial score (nSPS) is 24.9. The van der Waals surface area contributed by atoms with Crippen molar-refractivity contribution in [2.24, 2.45) is 5.92 Å². The molecule has 1 aromatic carbocycles. The minimum atomic E-state index is 0.0705. The third-order valence-electron chi connectivity index (χ3n) is 8.05. The van der Waals surface area contributed by atoms with Crippen LogP contribution in [0.5, 0.6) is 0 Å². The number of nitrogens with zero attached hydrogens (tertiary/aromatic N) is 5. The first kappa shape index (κ1) is 22.8. The first-order chi connectivity index (χ1) is 16.2. The van der Waals surface area contributed by atoms with Gasteiger partial charge < -0.3 is 9.80 Å². The molecule has 3 saturated heterocycles. The van der Waals surface area contributed by atoms with E-state index in [4.69, 9.17) is 0 Å². The van der Waals surface area contributed by atoms with Crippen LogP contribution >= 0.6 is 0 Å². The van der Waals surface area contributed by atoms with Gasteiger partial charge in [-0.2, -0.15) is 0 Å². The molecule has 3 fully saturated rings. The lowest BCUT2D eigenvalue weighted by atomic mass is 9.97. The third kappa shape index (κ3) is 5.60. The fraction of sp³-hybridized carbons (Fsp3) is 0.654. The van der Waals surface area contributed by atoms with E-state index in [0.29, 0.717) is 0 Å². The number of para-hydroxylation sites is 1. The molecule has 1 unspecified atom stereocenters. The molecule has 0 aliphatic carbocycles. The number of hydrogen-bond acceptors (Lipinski definition) is 5. The van der Waals surface area contributed by atoms with Crippen molar-refractivity contribution in [3.63, 3.8) is 0 Å². The Morgan fingerprint density at radius 2 is 1.67 bits per heavy atom. The predicted molar refractivity (Wildman–Crippen MR) is 134 cm³/mol. The Labute approximate surface area is 198 Å². The number of hydrogen-bond donors (Lipinski definition) is 1. The van der Waals surface area contributed by atoms with Gasteiger partial charge >= 0.3 is 0 Å². The van der Waals surface area contributed by atoms with Crippen molar-refractivity contribution in [1.82, 2.24) is 24.3 Å². The van der Waals surface area contributed by atoms with Gasteiger partial charge in [-0.25, -0.2) is 0 Å². The van der Waals surface area contributed by atoms with E-state index < -0.39 is 0 Å². The SMILES string of the molecule is CN1CCC(N2CCN(CCN3CCCC(C(=O)Nn4ccc5ccccc54)C3)CC2)CC1. The molecule has 0 radical (unpaired) electrons. The minimum Gasteiger partial charge on any atom is -0.306 e. The van der Waals surface area contributed by atoms with Crippen LogP contribution in [-0.4, -0.2) is 109 Å². The number of piperidine rings is 2. The van der Waals surface area contributed by atoms with Gasteiger partial charge in [0.15, 0.2) is 0 Å². The van der Waals surface area contributed by atoms with Crippen LogP contribution in [0.15, 0.2) is 36.5 Å². The summed E-state index contributed by atoms with van der Waals surface area (Å²) in [4.78, 5) is 23.3. The van der Waals surface area contributed by atoms with E-state index in [9.17, 15) is 4.79 Å². The summed E-state index contributed by atoms with van der Waals surface area (Å²) < 4.78 is 1.88. The first-order valence-corrected chi connectivity index (χ1v) is 12.9. The largest absolute Gasteiger partial charge is 0.306 e. The molecule has 0 bridgehead atoms. The van der Waals surface area contributed by atoms with Crippen LogP contribution in [0, 0.1) is 5.92 Å². The van der Waals surface area contributed by atoms with Crippen molar-refractivity contribution in [2.45, 2.75) is 31.7 Å². The van der Waals surface area contributed by atoms with Gasteiger partial charge in [-0.15, -0.1) is 0 Å². The Hall–Kier alpha value is -1.93. The zero-order chi connectivity index (χ0) is 22.6. The second kappa shape index (κ2) is 10.6. The van der Waals surface area contributed by atoms with Gasteiger partial charge in [0, 0.05) is 63.4 Å². The summed E-state index contributed by atoms with van der Waals surface area (Å²) in [5.74, 6) is 0.217. The maximum atomic E-state index is 13.0. The zero-order valence-corrected chi connectivity index (χ0v) is 20.2. The van der Waals surface area contributed by atoms with Crippen LogP contribution in [0.3, 0.4) is 0 Å². The van der Waals surface area contributed by atoms with Crippen molar-refractivity contribution in [1.29, 1.82) is 0 Å². The average molecular weight is 453 g/mol. The van der Waals surface area contributed by atoms with Gasteiger partial charge in [0.1, 0.15) is 0 Å². The molecule has 3 aliphatic rings. The lowest BCUT2D eigenvalue weighted by Crippen LogP contribution is -2.54. The molecule has 0 saturated carbocycles. The molecule has 3 aliphatic heterocycles. The molecule has 1 atom stereocenters. The van der Waals surface area contributed by atoms with E-state index in [1.54, 1.807) is 0 Å². The standard InChI is InChI=1S/C26H40N6O/c1-28-12-9-24(10-13-28)31-19-17-29(18-20-31)15-16-30-11-4-6-23(21-30)26(33)27-32-14-8-22-5-2-3-7-25(22)32/h2-3,5,7-8,14,23-24H,4,6,9-13,15-21H2,1H3,(H,27,33). The Bertz CT molecular complexity index is 912. The number of likely N-dealkylation sites (tertiary alicyclic amines) is 2. The van der Waals surface area contributed by atoms with Crippen molar-refractivity contribution in [3.8, 4) is 0 Å². The number of nitrogens with one attached hydrogen (secondary N) is 1. The molecule has 4 heterocycles. The molecular weight excluding hydrogens is 412 g/mol. The number of carbonyl (C=O) groups excluding carboxylic acids is 1. The number of fused-ring (bicyclic) bond motifs is 1. The smallest absolute Gasteiger partial charge is 0.243 e. The van der Waals surface area contributed by atoms with Crippen LogP contribution in [0.1, 0.15) is 25.7 Å². The predicted octanol–water partition coefficient (Wildman–Crippen LogP) is 2.14. The molecule has 2 aromatic rings. The Balaban J connectivity index is 1.05. The highest BCUT2D eigenvalue weighted by atomic mass is 16.2. The monoisotopic (exact) mass is 452 g/mol. The maximum absolute atomic E-state index is 13.0. The molecule has 5 rings (SSSR count). The summed E-state index contributed by atoms with van der Waals surface area (Å²) in [6, 6.07) is 11.0. The molecule has 180 valence electrons. The van der Waals surface area contributed by atoms with Gasteiger partial charge in [0.25, 0.3) is 0 Å².